The van der Waals surface area contributed by atoms with Gasteiger partial charge in [0.25, 0.3) is 5.56 Å². The SMILES string of the molecule is CC[C@H](Nc1nccc(N)c1-c1noc(C)n1)c1cc2cccc(F)c2c(=O)n1-c1ccccc1. The summed E-state index contributed by atoms with van der Waals surface area (Å²) in [6.07, 6.45) is 2.18. The number of nitrogens with one attached hydrogen (secondary N) is 1. The lowest BCUT2D eigenvalue weighted by atomic mass is 10.0. The molecule has 0 saturated carbocycles. The maximum Gasteiger partial charge on any atom is 0.266 e. The van der Waals surface area contributed by atoms with Crippen LogP contribution in [0.2, 0.25) is 0 Å². The number of fused-ring (bicyclic) bond motifs is 1. The zero-order valence-corrected chi connectivity index (χ0v) is 19.2. The average molecular weight is 471 g/mol. The van der Waals surface area contributed by atoms with Crippen molar-refractivity contribution in [2.75, 3.05) is 11.1 Å². The summed E-state index contributed by atoms with van der Waals surface area (Å²) >= 11 is 0. The largest absolute Gasteiger partial charge is 0.398 e. The fraction of sp³-hybridized carbons (Fsp3) is 0.154. The molecule has 0 aliphatic rings. The fourth-order valence-electron chi connectivity index (χ4n) is 4.21. The molecule has 0 radical (unpaired) electrons. The molecule has 0 unspecified atom stereocenters. The van der Waals surface area contributed by atoms with E-state index in [1.165, 1.54) is 10.6 Å². The minimum absolute atomic E-state index is 0.0417. The van der Waals surface area contributed by atoms with E-state index in [0.717, 1.165) is 0 Å². The quantitative estimate of drug-likeness (QED) is 0.358. The van der Waals surface area contributed by atoms with Gasteiger partial charge in [0.1, 0.15) is 11.6 Å². The van der Waals surface area contributed by atoms with Crippen LogP contribution in [-0.4, -0.2) is 19.7 Å². The first-order chi connectivity index (χ1) is 17.0. The lowest BCUT2D eigenvalue weighted by molar-refractivity contribution is 0.394. The third kappa shape index (κ3) is 4.01. The molecule has 9 heteroatoms. The number of pyridine rings is 2. The van der Waals surface area contributed by atoms with Gasteiger partial charge in [0, 0.05) is 30.2 Å². The van der Waals surface area contributed by atoms with Gasteiger partial charge in [-0.15, -0.1) is 0 Å². The van der Waals surface area contributed by atoms with Crippen LogP contribution in [0.15, 0.2) is 76.2 Å². The Labute approximate surface area is 200 Å². The molecule has 35 heavy (non-hydrogen) atoms. The van der Waals surface area contributed by atoms with Crippen LogP contribution < -0.4 is 16.6 Å². The van der Waals surface area contributed by atoms with E-state index in [1.807, 2.05) is 43.3 Å². The summed E-state index contributed by atoms with van der Waals surface area (Å²) in [4.78, 5) is 22.4. The summed E-state index contributed by atoms with van der Waals surface area (Å²) in [5, 5.41) is 7.97. The molecule has 5 rings (SSSR count). The maximum atomic E-state index is 14.7. The number of benzene rings is 2. The first kappa shape index (κ1) is 22.3. The standard InChI is InChI=1S/C26H23FN6O2/c1-3-20(31-24-23(19(28)12-13-29-24)25-30-15(2)35-32-25)21-14-16-8-7-11-18(27)22(16)26(34)33(21)17-9-5-4-6-10-17/h4-14,20H,3H2,1-2H3,(H3,28,29,31)/t20-/m0/s1. The number of halogens is 1. The van der Waals surface area contributed by atoms with E-state index < -0.39 is 11.4 Å². The number of hydrogen-bond acceptors (Lipinski definition) is 7. The van der Waals surface area contributed by atoms with Gasteiger partial charge in [-0.1, -0.05) is 42.4 Å². The molecule has 3 aromatic heterocycles. The van der Waals surface area contributed by atoms with E-state index in [-0.39, 0.29) is 11.4 Å². The van der Waals surface area contributed by atoms with Crippen LogP contribution >= 0.6 is 0 Å². The van der Waals surface area contributed by atoms with Gasteiger partial charge in [-0.05, 0) is 42.1 Å². The highest BCUT2D eigenvalue weighted by molar-refractivity contribution is 5.84. The highest BCUT2D eigenvalue weighted by Crippen LogP contribution is 2.34. The molecule has 0 aliphatic carbocycles. The van der Waals surface area contributed by atoms with E-state index in [1.54, 1.807) is 31.3 Å². The number of rotatable bonds is 6. The summed E-state index contributed by atoms with van der Waals surface area (Å²) < 4.78 is 21.4. The van der Waals surface area contributed by atoms with Crippen molar-refractivity contribution in [1.82, 2.24) is 19.7 Å². The molecule has 0 fully saturated rings. The third-order valence-corrected chi connectivity index (χ3v) is 5.85. The monoisotopic (exact) mass is 470 g/mol. The Balaban J connectivity index is 1.71. The van der Waals surface area contributed by atoms with Crippen molar-refractivity contribution in [3.63, 3.8) is 0 Å². The van der Waals surface area contributed by atoms with Crippen LogP contribution in [0.25, 0.3) is 27.8 Å². The molecule has 8 nitrogen and oxygen atoms in total. The van der Waals surface area contributed by atoms with E-state index in [2.05, 4.69) is 20.4 Å². The highest BCUT2D eigenvalue weighted by Gasteiger charge is 2.23. The number of anilines is 2. The lowest BCUT2D eigenvalue weighted by Crippen LogP contribution is -2.27. The minimum atomic E-state index is -0.558. The molecule has 1 atom stereocenters. The van der Waals surface area contributed by atoms with Gasteiger partial charge < -0.3 is 15.6 Å². The Morgan fingerprint density at radius 2 is 1.94 bits per heavy atom. The van der Waals surface area contributed by atoms with Gasteiger partial charge in [0.05, 0.1) is 17.0 Å². The van der Waals surface area contributed by atoms with Crippen molar-refractivity contribution in [3.8, 4) is 17.1 Å². The lowest BCUT2D eigenvalue weighted by Gasteiger charge is -2.24. The van der Waals surface area contributed by atoms with E-state index in [4.69, 9.17) is 10.3 Å². The third-order valence-electron chi connectivity index (χ3n) is 5.85. The van der Waals surface area contributed by atoms with Gasteiger partial charge in [0.15, 0.2) is 0 Å². The zero-order chi connectivity index (χ0) is 24.5. The summed E-state index contributed by atoms with van der Waals surface area (Å²) in [5.41, 5.74) is 8.04. The summed E-state index contributed by atoms with van der Waals surface area (Å²) in [5.74, 6) is 0.600. The number of para-hydroxylation sites is 1. The van der Waals surface area contributed by atoms with Crippen molar-refractivity contribution < 1.29 is 8.91 Å². The first-order valence-electron chi connectivity index (χ1n) is 11.2. The number of nitrogens with two attached hydrogens (primary N) is 1. The Hall–Kier alpha value is -4.53. The Kier molecular flexibility index (Phi) is 5.74. The van der Waals surface area contributed by atoms with E-state index >= 15 is 0 Å². The molecule has 0 bridgehead atoms. The van der Waals surface area contributed by atoms with Crippen LogP contribution in [0.3, 0.4) is 0 Å². The molecular formula is C26H23FN6O2. The van der Waals surface area contributed by atoms with Crippen molar-refractivity contribution in [3.05, 3.63) is 94.6 Å². The zero-order valence-electron chi connectivity index (χ0n) is 19.2. The second-order valence-electron chi connectivity index (χ2n) is 8.12. The summed E-state index contributed by atoms with van der Waals surface area (Å²) in [7, 11) is 0. The Morgan fingerprint density at radius 1 is 1.14 bits per heavy atom. The number of nitrogen functional groups attached to an aromatic ring is 1. The van der Waals surface area contributed by atoms with Crippen LogP contribution in [0.4, 0.5) is 15.9 Å². The smallest absolute Gasteiger partial charge is 0.266 e. The van der Waals surface area contributed by atoms with Crippen molar-refractivity contribution in [1.29, 1.82) is 0 Å². The molecular weight excluding hydrogens is 447 g/mol. The Bertz CT molecular complexity index is 1580. The highest BCUT2D eigenvalue weighted by atomic mass is 19.1. The van der Waals surface area contributed by atoms with Gasteiger partial charge in [-0.25, -0.2) is 9.37 Å². The van der Waals surface area contributed by atoms with Gasteiger partial charge in [-0.2, -0.15) is 4.98 Å². The molecule has 0 aliphatic heterocycles. The molecule has 176 valence electrons. The fourth-order valence-corrected chi connectivity index (χ4v) is 4.21. The molecule has 3 N–H and O–H groups in total. The predicted molar refractivity (Wildman–Crippen MR) is 133 cm³/mol. The van der Waals surface area contributed by atoms with Crippen molar-refractivity contribution >= 4 is 22.3 Å². The number of aryl methyl sites for hydroxylation is 1. The van der Waals surface area contributed by atoms with Crippen molar-refractivity contribution in [2.24, 2.45) is 0 Å². The van der Waals surface area contributed by atoms with Crippen LogP contribution in [0.1, 0.15) is 31.0 Å². The number of nitrogens with zero attached hydrogens (tertiary/aromatic N) is 4. The van der Waals surface area contributed by atoms with Gasteiger partial charge in [0.2, 0.25) is 11.7 Å². The number of hydrogen-bond donors (Lipinski definition) is 2. The Morgan fingerprint density at radius 3 is 2.66 bits per heavy atom. The minimum Gasteiger partial charge on any atom is -0.398 e. The van der Waals surface area contributed by atoms with Gasteiger partial charge >= 0.3 is 0 Å². The van der Waals surface area contributed by atoms with Gasteiger partial charge in [-0.3, -0.25) is 9.36 Å². The second kappa shape index (κ2) is 9.02. The second-order valence-corrected chi connectivity index (χ2v) is 8.12. The number of aromatic nitrogens is 4. The predicted octanol–water partition coefficient (Wildman–Crippen LogP) is 5.03. The normalized spacial score (nSPS) is 12.1. The topological polar surface area (TPSA) is 112 Å². The molecule has 0 spiro atoms. The van der Waals surface area contributed by atoms with Crippen molar-refractivity contribution in [2.45, 2.75) is 26.3 Å². The molecule has 2 aromatic carbocycles. The van der Waals surface area contributed by atoms with Crippen LogP contribution in [0.5, 0.6) is 0 Å². The maximum absolute atomic E-state index is 14.7. The average Bonchev–Trinajstić information content (AvgIpc) is 3.28. The molecule has 5 aromatic rings. The molecule has 0 saturated heterocycles. The first-order valence-corrected chi connectivity index (χ1v) is 11.2. The summed E-state index contributed by atoms with van der Waals surface area (Å²) in [6, 6.07) is 16.9. The van der Waals surface area contributed by atoms with E-state index in [0.29, 0.717) is 52.0 Å². The summed E-state index contributed by atoms with van der Waals surface area (Å²) in [6.45, 7) is 3.68. The van der Waals surface area contributed by atoms with Crippen LogP contribution in [0, 0.1) is 12.7 Å². The van der Waals surface area contributed by atoms with E-state index in [9.17, 15) is 9.18 Å². The molecule has 3 heterocycles. The molecule has 0 amide bonds. The van der Waals surface area contributed by atoms with Crippen LogP contribution in [-0.2, 0) is 0 Å².